The van der Waals surface area contributed by atoms with E-state index in [-0.39, 0.29) is 31.3 Å². The van der Waals surface area contributed by atoms with Gasteiger partial charge in [0.1, 0.15) is 0 Å². The highest BCUT2D eigenvalue weighted by Gasteiger charge is 2.07. The first-order valence-electron chi connectivity index (χ1n) is 5.10. The van der Waals surface area contributed by atoms with Crippen molar-refractivity contribution in [1.82, 2.24) is 5.32 Å². The van der Waals surface area contributed by atoms with Gasteiger partial charge in [-0.1, -0.05) is 0 Å². The SMILES string of the molecule is CC(CCCO)NCC(=O)OC(C)C. The molecule has 0 saturated heterocycles. The third-order valence-electron chi connectivity index (χ3n) is 1.76. The lowest BCUT2D eigenvalue weighted by molar-refractivity contribution is -0.146. The van der Waals surface area contributed by atoms with Gasteiger partial charge in [-0.2, -0.15) is 0 Å². The van der Waals surface area contributed by atoms with Gasteiger partial charge < -0.3 is 15.2 Å². The topological polar surface area (TPSA) is 58.6 Å². The Morgan fingerprint density at radius 3 is 2.57 bits per heavy atom. The molecule has 0 bridgehead atoms. The van der Waals surface area contributed by atoms with Crippen molar-refractivity contribution in [2.75, 3.05) is 13.2 Å². The lowest BCUT2D eigenvalue weighted by Crippen LogP contribution is -2.33. The minimum atomic E-state index is -0.226. The molecule has 0 amide bonds. The maximum absolute atomic E-state index is 11.1. The fourth-order valence-corrected chi connectivity index (χ4v) is 1.06. The molecule has 0 aliphatic rings. The van der Waals surface area contributed by atoms with Gasteiger partial charge in [-0.3, -0.25) is 4.79 Å². The highest BCUT2D eigenvalue weighted by molar-refractivity contribution is 5.71. The first kappa shape index (κ1) is 13.4. The number of rotatable bonds is 7. The molecule has 1 unspecified atom stereocenters. The van der Waals surface area contributed by atoms with Crippen LogP contribution in [0.25, 0.3) is 0 Å². The summed E-state index contributed by atoms with van der Waals surface area (Å²) in [7, 11) is 0. The Labute approximate surface area is 85.6 Å². The Kier molecular flexibility index (Phi) is 7.42. The molecule has 4 nitrogen and oxygen atoms in total. The van der Waals surface area contributed by atoms with Gasteiger partial charge in [0.2, 0.25) is 0 Å². The van der Waals surface area contributed by atoms with Gasteiger partial charge in [0, 0.05) is 12.6 Å². The molecular weight excluding hydrogens is 182 g/mol. The van der Waals surface area contributed by atoms with E-state index in [0.29, 0.717) is 0 Å². The van der Waals surface area contributed by atoms with Crippen LogP contribution in [0.3, 0.4) is 0 Å². The number of carbonyl (C=O) groups excluding carboxylic acids is 1. The van der Waals surface area contributed by atoms with Gasteiger partial charge in [-0.25, -0.2) is 0 Å². The predicted molar refractivity (Wildman–Crippen MR) is 55.0 cm³/mol. The smallest absolute Gasteiger partial charge is 0.320 e. The molecular formula is C10H21NO3. The minimum Gasteiger partial charge on any atom is -0.462 e. The molecule has 0 radical (unpaired) electrons. The van der Waals surface area contributed by atoms with Gasteiger partial charge in [0.25, 0.3) is 0 Å². The van der Waals surface area contributed by atoms with Gasteiger partial charge in [-0.05, 0) is 33.6 Å². The summed E-state index contributed by atoms with van der Waals surface area (Å²) in [4.78, 5) is 11.1. The molecule has 2 N–H and O–H groups in total. The van der Waals surface area contributed by atoms with Gasteiger partial charge in [-0.15, -0.1) is 0 Å². The Morgan fingerprint density at radius 1 is 1.43 bits per heavy atom. The summed E-state index contributed by atoms with van der Waals surface area (Å²) in [5.74, 6) is -0.226. The van der Waals surface area contributed by atoms with Crippen LogP contribution < -0.4 is 5.32 Å². The van der Waals surface area contributed by atoms with Crippen LogP contribution in [-0.2, 0) is 9.53 Å². The summed E-state index contributed by atoms with van der Waals surface area (Å²) in [6, 6.07) is 0.238. The summed E-state index contributed by atoms with van der Waals surface area (Å²) in [6.07, 6.45) is 1.57. The van der Waals surface area contributed by atoms with Crippen molar-refractivity contribution in [3.8, 4) is 0 Å². The Balaban J connectivity index is 3.45. The zero-order valence-corrected chi connectivity index (χ0v) is 9.25. The van der Waals surface area contributed by atoms with E-state index in [0.717, 1.165) is 12.8 Å². The van der Waals surface area contributed by atoms with E-state index in [2.05, 4.69) is 5.32 Å². The number of carbonyl (C=O) groups is 1. The molecule has 0 aromatic heterocycles. The number of hydrogen-bond donors (Lipinski definition) is 2. The summed E-state index contributed by atoms with van der Waals surface area (Å²) < 4.78 is 4.95. The largest absolute Gasteiger partial charge is 0.462 e. The second-order valence-electron chi connectivity index (χ2n) is 3.69. The molecule has 4 heteroatoms. The summed E-state index contributed by atoms with van der Waals surface area (Å²) in [5.41, 5.74) is 0. The van der Waals surface area contributed by atoms with Gasteiger partial charge in [0.05, 0.1) is 12.6 Å². The quantitative estimate of drug-likeness (QED) is 0.598. The van der Waals surface area contributed by atoms with E-state index in [9.17, 15) is 4.79 Å². The van der Waals surface area contributed by atoms with Crippen LogP contribution in [-0.4, -0.2) is 36.4 Å². The van der Waals surface area contributed by atoms with E-state index in [4.69, 9.17) is 9.84 Å². The van der Waals surface area contributed by atoms with Crippen LogP contribution in [0.15, 0.2) is 0 Å². The van der Waals surface area contributed by atoms with Crippen molar-refractivity contribution in [2.24, 2.45) is 0 Å². The predicted octanol–water partition coefficient (Wildman–Crippen LogP) is 0.689. The van der Waals surface area contributed by atoms with E-state index in [1.807, 2.05) is 20.8 Å². The third-order valence-corrected chi connectivity index (χ3v) is 1.76. The van der Waals surface area contributed by atoms with Crippen LogP contribution >= 0.6 is 0 Å². The summed E-state index contributed by atoms with van der Waals surface area (Å²) >= 11 is 0. The van der Waals surface area contributed by atoms with Gasteiger partial charge in [0.15, 0.2) is 0 Å². The van der Waals surface area contributed by atoms with Gasteiger partial charge >= 0.3 is 5.97 Å². The maximum Gasteiger partial charge on any atom is 0.320 e. The van der Waals surface area contributed by atoms with Crippen molar-refractivity contribution in [2.45, 2.75) is 45.8 Å². The first-order valence-corrected chi connectivity index (χ1v) is 5.10. The normalized spacial score (nSPS) is 12.9. The molecule has 0 aliphatic carbocycles. The molecule has 0 spiro atoms. The molecule has 0 heterocycles. The monoisotopic (exact) mass is 203 g/mol. The summed E-state index contributed by atoms with van der Waals surface area (Å²) in [6.45, 7) is 6.08. The zero-order valence-electron chi connectivity index (χ0n) is 9.25. The number of nitrogens with one attached hydrogen (secondary N) is 1. The van der Waals surface area contributed by atoms with Crippen LogP contribution in [0.4, 0.5) is 0 Å². The minimum absolute atomic E-state index is 0.0583. The highest BCUT2D eigenvalue weighted by atomic mass is 16.5. The molecule has 0 aliphatic heterocycles. The van der Waals surface area contributed by atoms with Crippen molar-refractivity contribution < 1.29 is 14.6 Å². The molecule has 0 aromatic carbocycles. The number of hydrogen-bond acceptors (Lipinski definition) is 4. The second-order valence-corrected chi connectivity index (χ2v) is 3.69. The fraction of sp³-hybridized carbons (Fsp3) is 0.900. The zero-order chi connectivity index (χ0) is 11.0. The van der Waals surface area contributed by atoms with Crippen LogP contribution in [0.2, 0.25) is 0 Å². The standard InChI is InChI=1S/C10H21NO3/c1-8(2)14-10(13)7-11-9(3)5-4-6-12/h8-9,11-12H,4-7H2,1-3H3. The lowest BCUT2D eigenvalue weighted by atomic mass is 10.2. The molecule has 84 valence electrons. The average molecular weight is 203 g/mol. The maximum atomic E-state index is 11.1. The number of esters is 1. The van der Waals surface area contributed by atoms with Crippen molar-refractivity contribution in [3.63, 3.8) is 0 Å². The van der Waals surface area contributed by atoms with E-state index in [1.54, 1.807) is 0 Å². The van der Waals surface area contributed by atoms with E-state index >= 15 is 0 Å². The molecule has 0 fully saturated rings. The van der Waals surface area contributed by atoms with Crippen LogP contribution in [0.5, 0.6) is 0 Å². The number of aliphatic hydroxyl groups excluding tert-OH is 1. The Bertz CT molecular complexity index is 159. The van der Waals surface area contributed by atoms with E-state index in [1.165, 1.54) is 0 Å². The molecule has 0 aromatic rings. The number of ether oxygens (including phenoxy) is 1. The fourth-order valence-electron chi connectivity index (χ4n) is 1.06. The first-order chi connectivity index (χ1) is 6.56. The average Bonchev–Trinajstić information content (AvgIpc) is 2.10. The van der Waals surface area contributed by atoms with Crippen molar-refractivity contribution >= 4 is 5.97 Å². The molecule has 0 rings (SSSR count). The van der Waals surface area contributed by atoms with Crippen molar-refractivity contribution in [3.05, 3.63) is 0 Å². The second kappa shape index (κ2) is 7.76. The molecule has 1 atom stereocenters. The molecule has 0 saturated carbocycles. The highest BCUT2D eigenvalue weighted by Crippen LogP contribution is 1.95. The lowest BCUT2D eigenvalue weighted by Gasteiger charge is -2.13. The van der Waals surface area contributed by atoms with E-state index < -0.39 is 0 Å². The Hall–Kier alpha value is -0.610. The van der Waals surface area contributed by atoms with Crippen LogP contribution in [0.1, 0.15) is 33.6 Å². The summed E-state index contributed by atoms with van der Waals surface area (Å²) in [5, 5.41) is 11.6. The van der Waals surface area contributed by atoms with Crippen molar-refractivity contribution in [1.29, 1.82) is 0 Å². The Morgan fingerprint density at radius 2 is 2.07 bits per heavy atom. The number of aliphatic hydroxyl groups is 1. The van der Waals surface area contributed by atoms with Crippen LogP contribution in [0, 0.1) is 0 Å². The molecule has 14 heavy (non-hydrogen) atoms. The third kappa shape index (κ3) is 8.01.